The second kappa shape index (κ2) is 6.85. The first-order valence-corrected chi connectivity index (χ1v) is 7.24. The Morgan fingerprint density at radius 3 is 2.70 bits per heavy atom. The fraction of sp³-hybridized carbons (Fsp3) is 0.357. The number of anilines is 2. The number of imidazole rings is 1. The highest BCUT2D eigenvalue weighted by Crippen LogP contribution is 2.10. The first-order chi connectivity index (χ1) is 11.3. The molecule has 1 aliphatic rings. The summed E-state index contributed by atoms with van der Waals surface area (Å²) in [6.07, 6.45) is 4.82. The van der Waals surface area contributed by atoms with Gasteiger partial charge in [-0.2, -0.15) is 5.26 Å². The Morgan fingerprint density at radius 1 is 1.26 bits per heavy atom. The number of H-pyrrole nitrogens is 1. The number of piperazine rings is 1. The van der Waals surface area contributed by atoms with Crippen LogP contribution in [0.4, 0.5) is 11.8 Å². The molecule has 0 saturated carbocycles. The number of hydrogen-bond acceptors (Lipinski definition) is 7. The van der Waals surface area contributed by atoms with E-state index in [-0.39, 0.29) is 24.0 Å². The normalized spacial score (nSPS) is 15.2. The van der Waals surface area contributed by atoms with Crippen molar-refractivity contribution in [3.05, 3.63) is 30.5 Å². The SMILES string of the molecule is N#Cc1[nH]cnc1NC(=O)CN1CCN(c2ncccn2)CC1. The van der Waals surface area contributed by atoms with Crippen molar-refractivity contribution in [3.8, 4) is 6.07 Å². The largest absolute Gasteiger partial charge is 0.338 e. The zero-order valence-electron chi connectivity index (χ0n) is 12.4. The monoisotopic (exact) mass is 312 g/mol. The molecular weight excluding hydrogens is 296 g/mol. The highest BCUT2D eigenvalue weighted by molar-refractivity contribution is 5.92. The molecule has 1 fully saturated rings. The summed E-state index contributed by atoms with van der Waals surface area (Å²) in [5.74, 6) is 0.804. The van der Waals surface area contributed by atoms with Gasteiger partial charge in [0, 0.05) is 38.6 Å². The van der Waals surface area contributed by atoms with Gasteiger partial charge in [-0.1, -0.05) is 0 Å². The number of aromatic amines is 1. The van der Waals surface area contributed by atoms with Gasteiger partial charge in [-0.05, 0) is 6.07 Å². The lowest BCUT2D eigenvalue weighted by atomic mass is 10.3. The van der Waals surface area contributed by atoms with E-state index in [1.165, 1.54) is 6.33 Å². The minimum absolute atomic E-state index is 0.182. The summed E-state index contributed by atoms with van der Waals surface area (Å²) in [6.45, 7) is 3.29. The van der Waals surface area contributed by atoms with E-state index in [0.29, 0.717) is 5.95 Å². The van der Waals surface area contributed by atoms with Gasteiger partial charge >= 0.3 is 0 Å². The number of carbonyl (C=O) groups excluding carboxylic acids is 1. The van der Waals surface area contributed by atoms with Gasteiger partial charge in [-0.25, -0.2) is 15.0 Å². The summed E-state index contributed by atoms with van der Waals surface area (Å²) in [5, 5.41) is 11.5. The van der Waals surface area contributed by atoms with Gasteiger partial charge in [0.15, 0.2) is 11.5 Å². The average Bonchev–Trinajstić information content (AvgIpc) is 3.03. The third-order valence-corrected chi connectivity index (χ3v) is 3.58. The zero-order chi connectivity index (χ0) is 16.1. The molecule has 2 aromatic rings. The van der Waals surface area contributed by atoms with E-state index in [1.807, 2.05) is 11.0 Å². The van der Waals surface area contributed by atoms with E-state index in [0.717, 1.165) is 26.2 Å². The number of hydrogen-bond donors (Lipinski definition) is 2. The molecular formula is C14H16N8O. The molecule has 0 unspecified atom stereocenters. The van der Waals surface area contributed by atoms with E-state index in [2.05, 4.69) is 30.2 Å². The number of nitrogens with one attached hydrogen (secondary N) is 2. The minimum Gasteiger partial charge on any atom is -0.338 e. The molecule has 0 radical (unpaired) electrons. The van der Waals surface area contributed by atoms with Crippen LogP contribution in [0.5, 0.6) is 0 Å². The van der Waals surface area contributed by atoms with E-state index >= 15 is 0 Å². The summed E-state index contributed by atoms with van der Waals surface area (Å²) in [5.41, 5.74) is 0.254. The maximum absolute atomic E-state index is 12.0. The molecule has 118 valence electrons. The van der Waals surface area contributed by atoms with Crippen molar-refractivity contribution in [2.75, 3.05) is 42.9 Å². The topological polar surface area (TPSA) is 114 Å². The fourth-order valence-corrected chi connectivity index (χ4v) is 2.41. The van der Waals surface area contributed by atoms with Gasteiger partial charge in [0.1, 0.15) is 6.07 Å². The number of aromatic nitrogens is 4. The summed E-state index contributed by atoms with van der Waals surface area (Å²) < 4.78 is 0. The maximum Gasteiger partial charge on any atom is 0.239 e. The molecule has 0 spiro atoms. The number of amides is 1. The third kappa shape index (κ3) is 3.61. The highest BCUT2D eigenvalue weighted by Gasteiger charge is 2.21. The molecule has 2 aromatic heterocycles. The van der Waals surface area contributed by atoms with Crippen molar-refractivity contribution < 1.29 is 4.79 Å². The maximum atomic E-state index is 12.0. The van der Waals surface area contributed by atoms with E-state index in [4.69, 9.17) is 5.26 Å². The lowest BCUT2D eigenvalue weighted by Crippen LogP contribution is -2.49. The summed E-state index contributed by atoms with van der Waals surface area (Å²) in [4.78, 5) is 31.2. The van der Waals surface area contributed by atoms with Crippen molar-refractivity contribution in [2.45, 2.75) is 0 Å². The highest BCUT2D eigenvalue weighted by atomic mass is 16.2. The lowest BCUT2D eigenvalue weighted by Gasteiger charge is -2.34. The molecule has 0 aliphatic carbocycles. The smallest absolute Gasteiger partial charge is 0.239 e. The predicted molar refractivity (Wildman–Crippen MR) is 82.6 cm³/mol. The molecule has 3 heterocycles. The molecule has 1 aliphatic heterocycles. The van der Waals surface area contributed by atoms with Gasteiger partial charge < -0.3 is 15.2 Å². The Hall–Kier alpha value is -2.99. The second-order valence-corrected chi connectivity index (χ2v) is 5.10. The summed E-state index contributed by atoms with van der Waals surface area (Å²) >= 11 is 0. The predicted octanol–water partition coefficient (Wildman–Crippen LogP) is -0.168. The quantitative estimate of drug-likeness (QED) is 0.805. The molecule has 9 nitrogen and oxygen atoms in total. The van der Waals surface area contributed by atoms with Crippen LogP contribution in [0.25, 0.3) is 0 Å². The van der Waals surface area contributed by atoms with Crippen LogP contribution in [0.2, 0.25) is 0 Å². The Morgan fingerprint density at radius 2 is 2.00 bits per heavy atom. The van der Waals surface area contributed by atoms with Crippen molar-refractivity contribution >= 4 is 17.7 Å². The Kier molecular flexibility index (Phi) is 4.44. The Bertz CT molecular complexity index is 699. The first kappa shape index (κ1) is 14.9. The van der Waals surface area contributed by atoms with Crippen LogP contribution < -0.4 is 10.2 Å². The second-order valence-electron chi connectivity index (χ2n) is 5.10. The van der Waals surface area contributed by atoms with E-state index < -0.39 is 0 Å². The van der Waals surface area contributed by atoms with Crippen molar-refractivity contribution in [2.24, 2.45) is 0 Å². The first-order valence-electron chi connectivity index (χ1n) is 7.24. The van der Waals surface area contributed by atoms with Gasteiger partial charge in [0.2, 0.25) is 11.9 Å². The molecule has 0 bridgehead atoms. The molecule has 2 N–H and O–H groups in total. The van der Waals surface area contributed by atoms with Crippen molar-refractivity contribution in [3.63, 3.8) is 0 Å². The molecule has 0 aromatic carbocycles. The lowest BCUT2D eigenvalue weighted by molar-refractivity contribution is -0.117. The average molecular weight is 312 g/mol. The third-order valence-electron chi connectivity index (χ3n) is 3.58. The van der Waals surface area contributed by atoms with Crippen LogP contribution in [-0.4, -0.2) is 63.5 Å². The van der Waals surface area contributed by atoms with E-state index in [9.17, 15) is 4.79 Å². The molecule has 23 heavy (non-hydrogen) atoms. The molecule has 1 amide bonds. The fourth-order valence-electron chi connectivity index (χ4n) is 2.41. The minimum atomic E-state index is -0.182. The number of rotatable bonds is 4. The van der Waals surface area contributed by atoms with Crippen LogP contribution in [0, 0.1) is 11.3 Å². The van der Waals surface area contributed by atoms with Crippen LogP contribution in [0.3, 0.4) is 0 Å². The van der Waals surface area contributed by atoms with Crippen LogP contribution >= 0.6 is 0 Å². The Labute approximate surface area is 133 Å². The van der Waals surface area contributed by atoms with Gasteiger partial charge in [-0.3, -0.25) is 9.69 Å². The Balaban J connectivity index is 1.49. The van der Waals surface area contributed by atoms with Gasteiger partial charge in [-0.15, -0.1) is 0 Å². The standard InChI is InChI=1S/C14H16N8O/c15-8-11-13(19-10-18-11)20-12(23)9-21-4-6-22(7-5-21)14-16-2-1-3-17-14/h1-3,10H,4-7,9H2,(H,18,19)(H,20,23). The summed E-state index contributed by atoms with van der Waals surface area (Å²) in [7, 11) is 0. The van der Waals surface area contributed by atoms with Gasteiger partial charge in [0.05, 0.1) is 12.9 Å². The van der Waals surface area contributed by atoms with Crippen LogP contribution in [0.1, 0.15) is 5.69 Å². The van der Waals surface area contributed by atoms with Crippen molar-refractivity contribution in [1.29, 1.82) is 5.26 Å². The molecule has 0 atom stereocenters. The number of carbonyl (C=O) groups is 1. The van der Waals surface area contributed by atoms with Crippen LogP contribution in [0.15, 0.2) is 24.8 Å². The number of nitrogens with zero attached hydrogens (tertiary/aromatic N) is 6. The van der Waals surface area contributed by atoms with Gasteiger partial charge in [0.25, 0.3) is 0 Å². The van der Waals surface area contributed by atoms with Crippen LogP contribution in [-0.2, 0) is 4.79 Å². The summed E-state index contributed by atoms with van der Waals surface area (Å²) in [6, 6.07) is 3.73. The van der Waals surface area contributed by atoms with Crippen molar-refractivity contribution in [1.82, 2.24) is 24.8 Å². The molecule has 9 heteroatoms. The van der Waals surface area contributed by atoms with E-state index in [1.54, 1.807) is 18.5 Å². The molecule has 1 saturated heterocycles. The number of nitriles is 1. The zero-order valence-corrected chi connectivity index (χ0v) is 12.4. The molecule has 3 rings (SSSR count).